The Bertz CT molecular complexity index is 1850. The van der Waals surface area contributed by atoms with Crippen molar-refractivity contribution >= 4 is 57.6 Å². The van der Waals surface area contributed by atoms with Gasteiger partial charge in [-0.25, -0.2) is 0 Å². The molecule has 216 valence electrons. The van der Waals surface area contributed by atoms with Crippen LogP contribution in [0.15, 0.2) is 131 Å². The topological polar surface area (TPSA) is 111 Å². The molecule has 7 nitrogen and oxygen atoms in total. The second kappa shape index (κ2) is 14.6. The molecule has 0 fully saturated rings. The first kappa shape index (κ1) is 30.0. The molecule has 0 radical (unpaired) electrons. The van der Waals surface area contributed by atoms with E-state index in [0.717, 1.165) is 21.6 Å². The largest absolute Gasteiger partial charge is 0.321 e. The quantitative estimate of drug-likeness (QED) is 0.112. The number of thiophene rings is 1. The van der Waals surface area contributed by atoms with Crippen molar-refractivity contribution in [1.29, 1.82) is 5.26 Å². The van der Waals surface area contributed by atoms with Crippen LogP contribution in [0, 0.1) is 11.3 Å². The van der Waals surface area contributed by atoms with Crippen LogP contribution in [-0.4, -0.2) is 23.5 Å². The van der Waals surface area contributed by atoms with Crippen LogP contribution in [0.3, 0.4) is 0 Å². The van der Waals surface area contributed by atoms with Gasteiger partial charge in [-0.3, -0.25) is 14.4 Å². The van der Waals surface area contributed by atoms with E-state index in [2.05, 4.69) is 22.0 Å². The lowest BCUT2D eigenvalue weighted by atomic mass is 10.1. The fraction of sp³-hybridized carbons (Fsp3) is 0.0286. The Kier molecular flexibility index (Phi) is 10.0. The predicted octanol–water partition coefficient (Wildman–Crippen LogP) is 7.43. The van der Waals surface area contributed by atoms with Crippen molar-refractivity contribution in [2.24, 2.45) is 0 Å². The predicted molar refractivity (Wildman–Crippen MR) is 177 cm³/mol. The SMILES string of the molecule is N#Cc1c(-c2ccccc2)csc1NC(=O)CSc1cccc(NC(=O)/C(=C/c2ccccc2)NC(=O)c2ccccc2)c1. The molecule has 9 heteroatoms. The first-order valence-corrected chi connectivity index (χ1v) is 15.4. The first-order valence-electron chi connectivity index (χ1n) is 13.5. The Morgan fingerprint density at radius 1 is 0.818 bits per heavy atom. The van der Waals surface area contributed by atoms with Crippen molar-refractivity contribution in [3.8, 4) is 17.2 Å². The Labute approximate surface area is 263 Å². The first-order chi connectivity index (χ1) is 21.5. The van der Waals surface area contributed by atoms with Gasteiger partial charge < -0.3 is 16.0 Å². The summed E-state index contributed by atoms with van der Waals surface area (Å²) in [6, 6.07) is 36.8. The van der Waals surface area contributed by atoms with Crippen LogP contribution in [0.25, 0.3) is 17.2 Å². The molecule has 0 atom stereocenters. The highest BCUT2D eigenvalue weighted by molar-refractivity contribution is 8.00. The number of thioether (sulfide) groups is 1. The molecule has 4 aromatic carbocycles. The van der Waals surface area contributed by atoms with Gasteiger partial charge in [0.25, 0.3) is 11.8 Å². The molecular formula is C35H26N4O3S2. The van der Waals surface area contributed by atoms with Gasteiger partial charge >= 0.3 is 0 Å². The van der Waals surface area contributed by atoms with Gasteiger partial charge in [-0.1, -0.05) is 84.9 Å². The highest BCUT2D eigenvalue weighted by atomic mass is 32.2. The van der Waals surface area contributed by atoms with E-state index in [1.165, 1.54) is 23.1 Å². The maximum Gasteiger partial charge on any atom is 0.272 e. The number of nitrogens with one attached hydrogen (secondary N) is 3. The number of amides is 3. The van der Waals surface area contributed by atoms with E-state index in [9.17, 15) is 19.6 Å². The number of nitrogens with zero attached hydrogens (tertiary/aromatic N) is 1. The molecule has 0 saturated heterocycles. The molecule has 5 rings (SSSR count). The molecule has 0 bridgehead atoms. The molecule has 3 amide bonds. The molecule has 0 unspecified atom stereocenters. The standard InChI is InChI=1S/C35H26N4O3S2/c36-21-29-30(25-13-6-2-7-14-25)22-44-35(29)39-32(40)23-43-28-18-10-17-27(20-28)37-34(42)31(19-24-11-4-1-5-12-24)38-33(41)26-15-8-3-9-16-26/h1-20,22H,23H2,(H,37,42)(H,38,41)(H,39,40)/b31-19-. The minimum absolute atomic E-state index is 0.0848. The summed E-state index contributed by atoms with van der Waals surface area (Å²) in [5.74, 6) is -1.04. The number of anilines is 2. The third-order valence-electron chi connectivity index (χ3n) is 6.34. The van der Waals surface area contributed by atoms with Gasteiger partial charge in [0.15, 0.2) is 0 Å². The second-order valence-corrected chi connectivity index (χ2v) is 11.4. The van der Waals surface area contributed by atoms with E-state index in [1.807, 2.05) is 78.2 Å². The van der Waals surface area contributed by atoms with Crippen LogP contribution in [0.4, 0.5) is 10.7 Å². The van der Waals surface area contributed by atoms with Crippen molar-refractivity contribution < 1.29 is 14.4 Å². The zero-order valence-electron chi connectivity index (χ0n) is 23.3. The van der Waals surface area contributed by atoms with Gasteiger partial charge in [-0.05, 0) is 47.5 Å². The molecule has 1 heterocycles. The fourth-order valence-corrected chi connectivity index (χ4v) is 5.91. The summed E-state index contributed by atoms with van der Waals surface area (Å²) < 4.78 is 0. The molecule has 0 spiro atoms. The summed E-state index contributed by atoms with van der Waals surface area (Å²) in [4.78, 5) is 39.8. The zero-order chi connectivity index (χ0) is 30.7. The zero-order valence-corrected chi connectivity index (χ0v) is 25.0. The van der Waals surface area contributed by atoms with Crippen LogP contribution in [0.1, 0.15) is 21.5 Å². The highest BCUT2D eigenvalue weighted by Crippen LogP contribution is 2.35. The molecular weight excluding hydrogens is 589 g/mol. The number of rotatable bonds is 10. The third-order valence-corrected chi connectivity index (χ3v) is 8.23. The van der Waals surface area contributed by atoms with E-state index in [0.29, 0.717) is 21.8 Å². The van der Waals surface area contributed by atoms with Gasteiger partial charge in [0.2, 0.25) is 5.91 Å². The molecule has 3 N–H and O–H groups in total. The summed E-state index contributed by atoms with van der Waals surface area (Å²) in [6.07, 6.45) is 1.61. The van der Waals surface area contributed by atoms with E-state index in [-0.39, 0.29) is 17.4 Å². The fourth-order valence-electron chi connectivity index (χ4n) is 4.22. The van der Waals surface area contributed by atoms with Gasteiger partial charge in [-0.2, -0.15) is 5.26 Å². The van der Waals surface area contributed by atoms with Gasteiger partial charge in [-0.15, -0.1) is 23.1 Å². The van der Waals surface area contributed by atoms with E-state index < -0.39 is 11.8 Å². The number of hydrogen-bond donors (Lipinski definition) is 3. The summed E-state index contributed by atoms with van der Waals surface area (Å²) in [5, 5.41) is 20.6. The lowest BCUT2D eigenvalue weighted by Crippen LogP contribution is -2.30. The molecule has 5 aromatic rings. The maximum absolute atomic E-state index is 13.3. The van der Waals surface area contributed by atoms with Crippen LogP contribution in [-0.2, 0) is 9.59 Å². The molecule has 0 aliphatic carbocycles. The lowest BCUT2D eigenvalue weighted by molar-refractivity contribution is -0.114. The monoisotopic (exact) mass is 614 g/mol. The minimum Gasteiger partial charge on any atom is -0.321 e. The summed E-state index contributed by atoms with van der Waals surface area (Å²) >= 11 is 2.61. The van der Waals surface area contributed by atoms with Crippen molar-refractivity contribution in [1.82, 2.24) is 5.32 Å². The Hall–Kier alpha value is -5.43. The average Bonchev–Trinajstić information content (AvgIpc) is 3.47. The summed E-state index contributed by atoms with van der Waals surface area (Å²) in [6.45, 7) is 0. The lowest BCUT2D eigenvalue weighted by Gasteiger charge is -2.12. The maximum atomic E-state index is 13.3. The highest BCUT2D eigenvalue weighted by Gasteiger charge is 2.17. The molecule has 0 aliphatic rings. The van der Waals surface area contributed by atoms with Gasteiger partial charge in [0.05, 0.1) is 11.3 Å². The van der Waals surface area contributed by atoms with Crippen LogP contribution in [0.5, 0.6) is 0 Å². The van der Waals surface area contributed by atoms with Crippen LogP contribution in [0.2, 0.25) is 0 Å². The second-order valence-electron chi connectivity index (χ2n) is 9.44. The number of benzene rings is 4. The summed E-state index contributed by atoms with van der Waals surface area (Å²) in [5.41, 5.74) is 3.90. The van der Waals surface area contributed by atoms with E-state index >= 15 is 0 Å². The smallest absolute Gasteiger partial charge is 0.272 e. The summed E-state index contributed by atoms with van der Waals surface area (Å²) in [7, 11) is 0. The van der Waals surface area contributed by atoms with E-state index in [4.69, 9.17) is 0 Å². The normalized spacial score (nSPS) is 10.8. The van der Waals surface area contributed by atoms with E-state index in [1.54, 1.807) is 48.5 Å². The molecule has 0 aliphatic heterocycles. The van der Waals surface area contributed by atoms with Gasteiger partial charge in [0.1, 0.15) is 16.8 Å². The average molecular weight is 615 g/mol. The van der Waals surface area contributed by atoms with Crippen molar-refractivity contribution in [3.63, 3.8) is 0 Å². The van der Waals surface area contributed by atoms with Crippen molar-refractivity contribution in [3.05, 3.63) is 143 Å². The molecule has 0 saturated carbocycles. The number of carbonyl (C=O) groups excluding carboxylic acids is 3. The molecule has 1 aromatic heterocycles. The number of carbonyl (C=O) groups is 3. The number of hydrogen-bond acceptors (Lipinski definition) is 6. The van der Waals surface area contributed by atoms with Crippen molar-refractivity contribution in [2.45, 2.75) is 4.90 Å². The van der Waals surface area contributed by atoms with Crippen LogP contribution < -0.4 is 16.0 Å². The Morgan fingerprint density at radius 2 is 1.50 bits per heavy atom. The molecule has 44 heavy (non-hydrogen) atoms. The number of nitriles is 1. The minimum atomic E-state index is -0.492. The van der Waals surface area contributed by atoms with Crippen molar-refractivity contribution in [2.75, 3.05) is 16.4 Å². The van der Waals surface area contributed by atoms with Gasteiger partial charge in [0, 0.05) is 27.1 Å². The Balaban J connectivity index is 1.24. The van der Waals surface area contributed by atoms with Crippen LogP contribution >= 0.6 is 23.1 Å². The third kappa shape index (κ3) is 7.89. The Morgan fingerprint density at radius 3 is 2.20 bits per heavy atom.